The van der Waals surface area contributed by atoms with E-state index >= 15 is 0 Å². The molecule has 26 heavy (non-hydrogen) atoms. The molecular weight excluding hydrogens is 354 g/mol. The van der Waals surface area contributed by atoms with E-state index in [4.69, 9.17) is 4.74 Å². The van der Waals surface area contributed by atoms with E-state index in [1.807, 2.05) is 26.8 Å². The lowest BCUT2D eigenvalue weighted by Gasteiger charge is -2.35. The summed E-state index contributed by atoms with van der Waals surface area (Å²) in [6.07, 6.45) is -1.26. The van der Waals surface area contributed by atoms with Crippen LogP contribution in [-0.2, 0) is 20.2 Å². The van der Waals surface area contributed by atoms with Gasteiger partial charge in [-0.05, 0) is 35.2 Å². The topological polar surface area (TPSA) is 83.9 Å². The van der Waals surface area contributed by atoms with Crippen LogP contribution in [0.1, 0.15) is 26.3 Å². The molecule has 1 atom stereocenters. The van der Waals surface area contributed by atoms with Gasteiger partial charge in [0.1, 0.15) is 5.75 Å². The summed E-state index contributed by atoms with van der Waals surface area (Å²) in [4.78, 5) is 11.6. The van der Waals surface area contributed by atoms with Crippen LogP contribution in [0.4, 0.5) is 5.69 Å². The summed E-state index contributed by atoms with van der Waals surface area (Å²) in [5.74, 6) is -0.958. The van der Waals surface area contributed by atoms with E-state index in [0.717, 1.165) is 9.87 Å². The first kappa shape index (κ1) is 18.3. The van der Waals surface area contributed by atoms with Crippen LogP contribution in [0, 0.1) is 0 Å². The molecule has 0 unspecified atom stereocenters. The number of fused-ring (bicyclic) bond motifs is 1. The first-order valence-electron chi connectivity index (χ1n) is 8.22. The van der Waals surface area contributed by atoms with Crippen molar-refractivity contribution in [3.63, 3.8) is 0 Å². The summed E-state index contributed by atoms with van der Waals surface area (Å²) >= 11 is 0. The molecule has 7 heteroatoms. The molecule has 0 amide bonds. The number of carbonyl (C=O) groups is 1. The SMILES string of the molecule is CC(C)(C)c1ccc2c(c1)N(S(=O)(=O)c1ccccc1)C[C@H](C(=O)O)O2. The van der Waals surface area contributed by atoms with Crippen LogP contribution in [0.2, 0.25) is 0 Å². The first-order chi connectivity index (χ1) is 12.1. The monoisotopic (exact) mass is 375 g/mol. The maximum Gasteiger partial charge on any atom is 0.346 e. The van der Waals surface area contributed by atoms with Gasteiger partial charge < -0.3 is 9.84 Å². The van der Waals surface area contributed by atoms with Gasteiger partial charge in [0.05, 0.1) is 17.1 Å². The van der Waals surface area contributed by atoms with Gasteiger partial charge in [0.25, 0.3) is 10.0 Å². The van der Waals surface area contributed by atoms with E-state index in [1.165, 1.54) is 12.1 Å². The van der Waals surface area contributed by atoms with Crippen LogP contribution in [0.25, 0.3) is 0 Å². The molecule has 2 aromatic rings. The number of benzene rings is 2. The number of hydrogen-bond acceptors (Lipinski definition) is 4. The minimum Gasteiger partial charge on any atom is -0.478 e. The van der Waals surface area contributed by atoms with E-state index in [-0.39, 0.29) is 22.6 Å². The van der Waals surface area contributed by atoms with Crippen LogP contribution in [0.15, 0.2) is 53.4 Å². The molecule has 0 saturated carbocycles. The van der Waals surface area contributed by atoms with Crippen molar-refractivity contribution < 1.29 is 23.1 Å². The fraction of sp³-hybridized carbons (Fsp3) is 0.316. The first-order valence-corrected chi connectivity index (χ1v) is 9.66. The van der Waals surface area contributed by atoms with Crippen LogP contribution in [0.5, 0.6) is 5.75 Å². The molecule has 0 aromatic heterocycles. The lowest BCUT2D eigenvalue weighted by Crippen LogP contribution is -2.47. The standard InChI is InChI=1S/C19H21NO5S/c1-19(2,3)13-9-10-16-15(11-13)20(12-17(25-16)18(21)22)26(23,24)14-7-5-4-6-8-14/h4-11,17H,12H2,1-3H3,(H,21,22)/t17-/m1/s1. The normalized spacial score (nSPS) is 17.3. The maximum absolute atomic E-state index is 13.2. The Balaban J connectivity index is 2.17. The van der Waals surface area contributed by atoms with Gasteiger partial charge in [0.15, 0.2) is 0 Å². The number of carboxylic acid groups (broad SMARTS) is 1. The van der Waals surface area contributed by atoms with Crippen LogP contribution < -0.4 is 9.04 Å². The predicted molar refractivity (Wildman–Crippen MR) is 98.2 cm³/mol. The smallest absolute Gasteiger partial charge is 0.346 e. The highest BCUT2D eigenvalue weighted by molar-refractivity contribution is 7.92. The zero-order chi connectivity index (χ0) is 19.1. The van der Waals surface area contributed by atoms with Crippen molar-refractivity contribution in [1.29, 1.82) is 0 Å². The third-order valence-corrected chi connectivity index (χ3v) is 6.10. The maximum atomic E-state index is 13.2. The highest BCUT2D eigenvalue weighted by Crippen LogP contribution is 2.40. The predicted octanol–water partition coefficient (Wildman–Crippen LogP) is 3.03. The van der Waals surface area contributed by atoms with Crippen molar-refractivity contribution in [2.45, 2.75) is 37.2 Å². The zero-order valence-corrected chi connectivity index (χ0v) is 15.7. The van der Waals surface area contributed by atoms with Crippen molar-refractivity contribution in [2.75, 3.05) is 10.8 Å². The lowest BCUT2D eigenvalue weighted by atomic mass is 9.86. The molecule has 3 rings (SSSR count). The van der Waals surface area contributed by atoms with Crippen LogP contribution in [-0.4, -0.2) is 32.1 Å². The summed E-state index contributed by atoms with van der Waals surface area (Å²) < 4.78 is 33.0. The second-order valence-electron chi connectivity index (χ2n) is 7.23. The Labute approximate surface area is 153 Å². The molecular formula is C19H21NO5S. The second-order valence-corrected chi connectivity index (χ2v) is 9.09. The van der Waals surface area contributed by atoms with Gasteiger partial charge in [-0.3, -0.25) is 4.31 Å². The third kappa shape index (κ3) is 3.26. The van der Waals surface area contributed by atoms with Gasteiger partial charge in [-0.1, -0.05) is 45.0 Å². The van der Waals surface area contributed by atoms with Gasteiger partial charge in [0.2, 0.25) is 6.10 Å². The number of sulfonamides is 1. The fourth-order valence-electron chi connectivity index (χ4n) is 2.79. The Morgan fingerprint density at radius 3 is 2.38 bits per heavy atom. The minimum atomic E-state index is -3.91. The molecule has 0 aliphatic carbocycles. The second kappa shape index (κ2) is 6.32. The summed E-state index contributed by atoms with van der Waals surface area (Å²) in [7, 11) is -3.91. The molecule has 2 aromatic carbocycles. The number of ether oxygens (including phenoxy) is 1. The molecule has 1 aliphatic rings. The number of aliphatic carboxylic acids is 1. The summed E-state index contributed by atoms with van der Waals surface area (Å²) in [5.41, 5.74) is 1.10. The van der Waals surface area contributed by atoms with Crippen LogP contribution >= 0.6 is 0 Å². The van der Waals surface area contributed by atoms with Crippen molar-refractivity contribution in [1.82, 2.24) is 0 Å². The van der Waals surface area contributed by atoms with E-state index in [2.05, 4.69) is 0 Å². The molecule has 1 aliphatic heterocycles. The van der Waals surface area contributed by atoms with E-state index in [0.29, 0.717) is 5.69 Å². The molecule has 0 saturated heterocycles. The van der Waals surface area contributed by atoms with Crippen molar-refractivity contribution in [3.05, 3.63) is 54.1 Å². The largest absolute Gasteiger partial charge is 0.478 e. The number of anilines is 1. The molecule has 1 heterocycles. The Morgan fingerprint density at radius 1 is 1.15 bits per heavy atom. The number of nitrogens with zero attached hydrogens (tertiary/aromatic N) is 1. The van der Waals surface area contributed by atoms with E-state index in [9.17, 15) is 18.3 Å². The minimum absolute atomic E-state index is 0.109. The number of carboxylic acids is 1. The summed E-state index contributed by atoms with van der Waals surface area (Å²) in [5, 5.41) is 9.36. The highest BCUT2D eigenvalue weighted by Gasteiger charge is 2.38. The van der Waals surface area contributed by atoms with Crippen molar-refractivity contribution in [2.24, 2.45) is 0 Å². The molecule has 0 bridgehead atoms. The van der Waals surface area contributed by atoms with Gasteiger partial charge in [-0.2, -0.15) is 0 Å². The molecule has 6 nitrogen and oxygen atoms in total. The summed E-state index contributed by atoms with van der Waals surface area (Å²) in [6.45, 7) is 5.78. The third-order valence-electron chi connectivity index (χ3n) is 4.30. The molecule has 0 spiro atoms. The Kier molecular flexibility index (Phi) is 4.44. The number of rotatable bonds is 3. The van der Waals surface area contributed by atoms with Gasteiger partial charge in [-0.25, -0.2) is 13.2 Å². The average Bonchev–Trinajstić information content (AvgIpc) is 2.60. The lowest BCUT2D eigenvalue weighted by molar-refractivity contribution is -0.144. The van der Waals surface area contributed by atoms with Gasteiger partial charge >= 0.3 is 5.97 Å². The quantitative estimate of drug-likeness (QED) is 0.891. The highest BCUT2D eigenvalue weighted by atomic mass is 32.2. The molecule has 0 fully saturated rings. The Bertz CT molecular complexity index is 932. The van der Waals surface area contributed by atoms with E-state index < -0.39 is 22.1 Å². The van der Waals surface area contributed by atoms with E-state index in [1.54, 1.807) is 30.3 Å². The zero-order valence-electron chi connectivity index (χ0n) is 14.8. The van der Waals surface area contributed by atoms with Crippen molar-refractivity contribution >= 4 is 21.7 Å². The Hall–Kier alpha value is -2.54. The van der Waals surface area contributed by atoms with Crippen LogP contribution in [0.3, 0.4) is 0 Å². The molecule has 138 valence electrons. The summed E-state index contributed by atoms with van der Waals surface area (Å²) in [6, 6.07) is 13.2. The Morgan fingerprint density at radius 2 is 1.81 bits per heavy atom. The molecule has 1 N–H and O–H groups in total. The van der Waals surface area contributed by atoms with Gasteiger partial charge in [-0.15, -0.1) is 0 Å². The number of hydrogen-bond donors (Lipinski definition) is 1. The fourth-order valence-corrected chi connectivity index (χ4v) is 4.28. The molecule has 0 radical (unpaired) electrons. The van der Waals surface area contributed by atoms with Gasteiger partial charge in [0, 0.05) is 0 Å². The average molecular weight is 375 g/mol. The van der Waals surface area contributed by atoms with Crippen molar-refractivity contribution in [3.8, 4) is 5.75 Å².